The largest absolute Gasteiger partial charge is 0.310 e. The second-order valence-electron chi connectivity index (χ2n) is 12.1. The fourth-order valence-electron chi connectivity index (χ4n) is 7.22. The molecule has 0 aromatic heterocycles. The van der Waals surface area contributed by atoms with Gasteiger partial charge in [-0.1, -0.05) is 98.8 Å². The minimum atomic E-state index is -0.677. The maximum atomic E-state index is 13.5. The van der Waals surface area contributed by atoms with Gasteiger partial charge in [0.15, 0.2) is 11.6 Å². The lowest BCUT2D eigenvalue weighted by atomic mass is 9.71. The van der Waals surface area contributed by atoms with Crippen molar-refractivity contribution in [2.45, 2.75) is 25.7 Å². The number of ketones is 2. The van der Waals surface area contributed by atoms with Crippen LogP contribution in [0.2, 0.25) is 0 Å². The van der Waals surface area contributed by atoms with Crippen LogP contribution in [0.5, 0.6) is 0 Å². The Morgan fingerprint density at radius 3 is 1.98 bits per heavy atom. The summed E-state index contributed by atoms with van der Waals surface area (Å²) in [6, 6.07) is 41.7. The van der Waals surface area contributed by atoms with Gasteiger partial charge < -0.3 is 4.90 Å². The SMILES string of the molecule is CC1(C)c2ccccc2N(c2ccccc2)c2ccc3cc(CC4C(=O)c5cc6ccccc6cc5C4=O)ccc3c21. The molecule has 2 aliphatic rings. The average molecular weight is 544 g/mol. The molecule has 0 unspecified atom stereocenters. The molecular formula is C39H29NO2. The first-order valence-corrected chi connectivity index (χ1v) is 14.5. The van der Waals surface area contributed by atoms with Gasteiger partial charge in [0.05, 0.1) is 17.3 Å². The van der Waals surface area contributed by atoms with E-state index in [9.17, 15) is 9.59 Å². The molecule has 0 atom stereocenters. The van der Waals surface area contributed by atoms with Crippen LogP contribution in [0.1, 0.15) is 51.3 Å². The number of carbonyl (C=O) groups excluding carboxylic acids is 2. The van der Waals surface area contributed by atoms with Gasteiger partial charge in [0.25, 0.3) is 0 Å². The number of hydrogen-bond donors (Lipinski definition) is 0. The number of carbonyl (C=O) groups is 2. The van der Waals surface area contributed by atoms with Crippen LogP contribution in [-0.4, -0.2) is 11.6 Å². The molecule has 3 nitrogen and oxygen atoms in total. The molecule has 1 heterocycles. The van der Waals surface area contributed by atoms with Crippen molar-refractivity contribution in [2.75, 3.05) is 4.90 Å². The lowest BCUT2D eigenvalue weighted by Gasteiger charge is -2.42. The van der Waals surface area contributed by atoms with E-state index in [-0.39, 0.29) is 17.0 Å². The zero-order chi connectivity index (χ0) is 28.6. The molecule has 0 radical (unpaired) electrons. The number of fused-ring (bicyclic) bond motifs is 6. The maximum Gasteiger partial charge on any atom is 0.174 e. The van der Waals surface area contributed by atoms with Crippen molar-refractivity contribution in [3.05, 3.63) is 149 Å². The predicted octanol–water partition coefficient (Wildman–Crippen LogP) is 9.34. The molecular weight excluding hydrogens is 514 g/mol. The van der Waals surface area contributed by atoms with Crippen molar-refractivity contribution in [1.29, 1.82) is 0 Å². The summed E-state index contributed by atoms with van der Waals surface area (Å²) in [4.78, 5) is 29.3. The molecule has 8 rings (SSSR count). The molecule has 6 aromatic carbocycles. The molecule has 1 aliphatic heterocycles. The van der Waals surface area contributed by atoms with Crippen molar-refractivity contribution in [1.82, 2.24) is 0 Å². The standard InChI is InChI=1S/C39H29NO2/c1-39(2)33-14-8-9-15-34(33)40(28-12-4-3-5-13-28)35-19-17-27-20-24(16-18-29(27)36(35)39)21-32-37(41)30-22-25-10-6-7-11-26(25)23-31(30)38(32)42/h3-20,22-23,32H,21H2,1-2H3. The van der Waals surface area contributed by atoms with Gasteiger partial charge in [0, 0.05) is 22.2 Å². The number of hydrogen-bond acceptors (Lipinski definition) is 3. The molecule has 0 spiro atoms. The van der Waals surface area contributed by atoms with Gasteiger partial charge in [-0.25, -0.2) is 0 Å². The highest BCUT2D eigenvalue weighted by Gasteiger charge is 2.40. The topological polar surface area (TPSA) is 37.4 Å². The van der Waals surface area contributed by atoms with E-state index in [4.69, 9.17) is 0 Å². The van der Waals surface area contributed by atoms with Crippen LogP contribution in [0.15, 0.2) is 121 Å². The summed E-state index contributed by atoms with van der Waals surface area (Å²) in [5.74, 6) is -0.811. The van der Waals surface area contributed by atoms with Crippen LogP contribution in [0.25, 0.3) is 21.5 Å². The summed E-state index contributed by atoms with van der Waals surface area (Å²) in [5, 5.41) is 4.28. The van der Waals surface area contributed by atoms with Crippen molar-refractivity contribution in [2.24, 2.45) is 5.92 Å². The van der Waals surface area contributed by atoms with E-state index in [0.717, 1.165) is 27.4 Å². The first-order chi connectivity index (χ1) is 20.4. The van der Waals surface area contributed by atoms with Crippen molar-refractivity contribution >= 4 is 50.2 Å². The van der Waals surface area contributed by atoms with Crippen LogP contribution in [-0.2, 0) is 11.8 Å². The molecule has 0 saturated heterocycles. The first kappa shape index (κ1) is 24.8. The van der Waals surface area contributed by atoms with Crippen molar-refractivity contribution in [3.63, 3.8) is 0 Å². The highest BCUT2D eigenvalue weighted by atomic mass is 16.2. The fourth-order valence-corrected chi connectivity index (χ4v) is 7.22. The zero-order valence-electron chi connectivity index (χ0n) is 23.6. The molecule has 0 amide bonds. The molecule has 0 saturated carbocycles. The third kappa shape index (κ3) is 3.53. The van der Waals surface area contributed by atoms with Crippen LogP contribution < -0.4 is 4.90 Å². The summed E-state index contributed by atoms with van der Waals surface area (Å²) < 4.78 is 0. The molecule has 0 fully saturated rings. The monoisotopic (exact) mass is 543 g/mol. The Bertz CT molecular complexity index is 2040. The Morgan fingerprint density at radius 1 is 0.619 bits per heavy atom. The highest BCUT2D eigenvalue weighted by molar-refractivity contribution is 6.28. The lowest BCUT2D eigenvalue weighted by Crippen LogP contribution is -2.30. The van der Waals surface area contributed by atoms with E-state index >= 15 is 0 Å². The Morgan fingerprint density at radius 2 is 1.26 bits per heavy atom. The first-order valence-electron chi connectivity index (χ1n) is 14.5. The number of benzene rings is 6. The number of anilines is 3. The van der Waals surface area contributed by atoms with E-state index < -0.39 is 5.92 Å². The van der Waals surface area contributed by atoms with Gasteiger partial charge in [0.2, 0.25) is 0 Å². The minimum absolute atomic E-state index is 0.0671. The molecule has 202 valence electrons. The fraction of sp³-hybridized carbons (Fsp3) is 0.128. The third-order valence-electron chi connectivity index (χ3n) is 9.25. The average Bonchev–Trinajstić information content (AvgIpc) is 3.24. The lowest BCUT2D eigenvalue weighted by molar-refractivity contribution is 0.0838. The molecule has 0 N–H and O–H groups in total. The minimum Gasteiger partial charge on any atom is -0.310 e. The van der Waals surface area contributed by atoms with Crippen LogP contribution in [0.4, 0.5) is 17.1 Å². The van der Waals surface area contributed by atoms with Gasteiger partial charge in [-0.05, 0) is 81.1 Å². The Labute approximate surface area is 245 Å². The van der Waals surface area contributed by atoms with Gasteiger partial charge in [-0.15, -0.1) is 0 Å². The second-order valence-corrected chi connectivity index (χ2v) is 12.1. The van der Waals surface area contributed by atoms with E-state index in [1.54, 1.807) is 0 Å². The predicted molar refractivity (Wildman–Crippen MR) is 171 cm³/mol. The number of nitrogens with zero attached hydrogens (tertiary/aromatic N) is 1. The smallest absolute Gasteiger partial charge is 0.174 e. The Hall–Kier alpha value is -5.02. The van der Waals surface area contributed by atoms with Crippen LogP contribution in [0.3, 0.4) is 0 Å². The molecule has 6 aromatic rings. The van der Waals surface area contributed by atoms with E-state index in [2.05, 4.69) is 97.6 Å². The second kappa shape index (κ2) is 8.99. The Balaban J connectivity index is 1.21. The summed E-state index contributed by atoms with van der Waals surface area (Å²) >= 11 is 0. The highest BCUT2D eigenvalue weighted by Crippen LogP contribution is 2.53. The number of Topliss-reactive ketones (excluding diaryl/α,β-unsaturated/α-hetero) is 2. The summed E-state index contributed by atoms with van der Waals surface area (Å²) in [6.07, 6.45) is 0.401. The molecule has 1 aliphatic carbocycles. The number of para-hydroxylation sites is 2. The normalized spacial score (nSPS) is 15.6. The van der Waals surface area contributed by atoms with E-state index in [1.165, 1.54) is 27.9 Å². The van der Waals surface area contributed by atoms with Gasteiger partial charge in [-0.2, -0.15) is 0 Å². The van der Waals surface area contributed by atoms with E-state index in [1.807, 2.05) is 42.5 Å². The van der Waals surface area contributed by atoms with Gasteiger partial charge in [-0.3, -0.25) is 9.59 Å². The van der Waals surface area contributed by atoms with Crippen LogP contribution in [0, 0.1) is 5.92 Å². The molecule has 0 bridgehead atoms. The zero-order valence-corrected chi connectivity index (χ0v) is 23.6. The third-order valence-corrected chi connectivity index (χ3v) is 9.25. The summed E-state index contributed by atoms with van der Waals surface area (Å²) in [5.41, 5.74) is 7.95. The van der Waals surface area contributed by atoms with Crippen molar-refractivity contribution < 1.29 is 9.59 Å². The summed E-state index contributed by atoms with van der Waals surface area (Å²) in [7, 11) is 0. The summed E-state index contributed by atoms with van der Waals surface area (Å²) in [6.45, 7) is 4.61. The molecule has 3 heteroatoms. The molecule has 42 heavy (non-hydrogen) atoms. The van der Waals surface area contributed by atoms with Crippen molar-refractivity contribution in [3.8, 4) is 0 Å². The van der Waals surface area contributed by atoms with Crippen LogP contribution >= 0.6 is 0 Å². The Kier molecular flexibility index (Phi) is 5.30. The van der Waals surface area contributed by atoms with E-state index in [0.29, 0.717) is 17.5 Å². The van der Waals surface area contributed by atoms with Gasteiger partial charge in [0.1, 0.15) is 0 Å². The number of rotatable bonds is 3. The quantitative estimate of drug-likeness (QED) is 0.209. The van der Waals surface area contributed by atoms with Gasteiger partial charge >= 0.3 is 0 Å². The maximum absolute atomic E-state index is 13.5.